The first kappa shape index (κ1) is 21.4. The summed E-state index contributed by atoms with van der Waals surface area (Å²) in [7, 11) is -0.476. The van der Waals surface area contributed by atoms with Gasteiger partial charge in [0, 0.05) is 19.8 Å². The number of hydrogen-bond acceptors (Lipinski definition) is 9. The van der Waals surface area contributed by atoms with E-state index in [1.54, 1.807) is 19.1 Å². The molecule has 0 saturated carbocycles. The highest BCUT2D eigenvalue weighted by Gasteiger charge is 2.16. The summed E-state index contributed by atoms with van der Waals surface area (Å²) in [5, 5.41) is 10.7. The Morgan fingerprint density at radius 3 is 2.59 bits per heavy atom. The highest BCUT2D eigenvalue weighted by Crippen LogP contribution is 2.25. The minimum atomic E-state index is -3.44. The van der Waals surface area contributed by atoms with E-state index in [-0.39, 0.29) is 11.5 Å². The van der Waals surface area contributed by atoms with E-state index in [9.17, 15) is 13.2 Å². The number of rotatable bonds is 9. The molecule has 2 rings (SSSR count). The third kappa shape index (κ3) is 6.34. The Labute approximate surface area is 166 Å². The topological polar surface area (TPSA) is 111 Å². The van der Waals surface area contributed by atoms with E-state index in [1.165, 1.54) is 49.3 Å². The summed E-state index contributed by atoms with van der Waals surface area (Å²) < 4.78 is 36.2. The van der Waals surface area contributed by atoms with E-state index < -0.39 is 16.1 Å². The molecule has 1 amide bonds. The zero-order chi connectivity index (χ0) is 19.9. The van der Waals surface area contributed by atoms with Gasteiger partial charge in [-0.25, -0.2) is 17.5 Å². The fraction of sp³-hybridized carbons (Fsp3) is 0.400. The van der Waals surface area contributed by atoms with Crippen LogP contribution in [-0.2, 0) is 14.8 Å². The summed E-state index contributed by atoms with van der Waals surface area (Å²) in [5.41, 5.74) is 0. The van der Waals surface area contributed by atoms with Gasteiger partial charge in [0.15, 0.2) is 4.34 Å². The van der Waals surface area contributed by atoms with E-state index >= 15 is 0 Å². The number of sulfonamides is 1. The molecule has 2 aromatic rings. The van der Waals surface area contributed by atoms with Gasteiger partial charge in [-0.15, -0.1) is 10.2 Å². The molecule has 9 nitrogen and oxygen atoms in total. The molecule has 0 unspecified atom stereocenters. The van der Waals surface area contributed by atoms with Crippen LogP contribution in [0.1, 0.15) is 6.92 Å². The number of ether oxygens (including phenoxy) is 2. The molecular formula is C15H20N4O5S3. The lowest BCUT2D eigenvalue weighted by atomic mass is 10.3. The molecule has 0 radical (unpaired) electrons. The van der Waals surface area contributed by atoms with E-state index in [0.29, 0.717) is 27.6 Å². The van der Waals surface area contributed by atoms with Crippen molar-refractivity contribution >= 4 is 44.3 Å². The Bertz CT molecular complexity index is 853. The normalized spacial score (nSPS) is 11.4. The largest absolute Gasteiger partial charge is 0.493 e. The fourth-order valence-electron chi connectivity index (χ4n) is 1.78. The minimum Gasteiger partial charge on any atom is -0.493 e. The van der Waals surface area contributed by atoms with Crippen molar-refractivity contribution in [2.45, 2.75) is 16.2 Å². The van der Waals surface area contributed by atoms with Gasteiger partial charge < -0.3 is 9.47 Å². The second-order valence-electron chi connectivity index (χ2n) is 5.17. The summed E-state index contributed by atoms with van der Waals surface area (Å²) in [5.74, 6) is 1.20. The molecule has 0 spiro atoms. The maximum Gasteiger partial charge on any atom is 0.413 e. The molecule has 1 heterocycles. The van der Waals surface area contributed by atoms with Gasteiger partial charge in [-0.3, -0.25) is 5.32 Å². The lowest BCUT2D eigenvalue weighted by Gasteiger charge is -2.12. The Kier molecular flexibility index (Phi) is 7.83. The van der Waals surface area contributed by atoms with Crippen LogP contribution >= 0.6 is 23.1 Å². The third-order valence-electron chi connectivity index (χ3n) is 3.07. The average Bonchev–Trinajstić information content (AvgIpc) is 3.06. The molecule has 12 heteroatoms. The first-order chi connectivity index (χ1) is 12.8. The van der Waals surface area contributed by atoms with Crippen molar-refractivity contribution in [2.75, 3.05) is 38.4 Å². The molecule has 148 valence electrons. The number of amides is 1. The lowest BCUT2D eigenvalue weighted by molar-refractivity contribution is 0.168. The zero-order valence-electron chi connectivity index (χ0n) is 15.0. The Hall–Kier alpha value is -1.89. The number of aromatic nitrogens is 2. The van der Waals surface area contributed by atoms with Gasteiger partial charge in [-0.05, 0) is 31.2 Å². The van der Waals surface area contributed by atoms with Crippen LogP contribution in [0.3, 0.4) is 0 Å². The van der Waals surface area contributed by atoms with E-state index in [0.717, 1.165) is 4.31 Å². The standard InChI is InChI=1S/C15H20N4O5S3/c1-4-23-14(20)16-13-17-18-15(26-13)25-10-9-24-11-5-7-12(8-6-11)27(21,22)19(2)3/h5-8H,4,9-10H2,1-3H3,(H,16,17,20). The molecule has 0 atom stereocenters. The molecule has 1 N–H and O–H groups in total. The monoisotopic (exact) mass is 432 g/mol. The smallest absolute Gasteiger partial charge is 0.413 e. The molecule has 0 fully saturated rings. The van der Waals surface area contributed by atoms with E-state index in [2.05, 4.69) is 15.5 Å². The van der Waals surface area contributed by atoms with Crippen molar-refractivity contribution in [3.63, 3.8) is 0 Å². The van der Waals surface area contributed by atoms with Crippen LogP contribution in [0.4, 0.5) is 9.93 Å². The van der Waals surface area contributed by atoms with Gasteiger partial charge in [-0.2, -0.15) is 0 Å². The number of carbonyl (C=O) groups excluding carboxylic acids is 1. The summed E-state index contributed by atoms with van der Waals surface area (Å²) in [6, 6.07) is 6.26. The van der Waals surface area contributed by atoms with Crippen LogP contribution in [-0.4, -0.2) is 62.1 Å². The van der Waals surface area contributed by atoms with Crippen LogP contribution in [0, 0.1) is 0 Å². The average molecular weight is 433 g/mol. The maximum absolute atomic E-state index is 12.0. The second kappa shape index (κ2) is 9.88. The van der Waals surface area contributed by atoms with Crippen LogP contribution in [0.15, 0.2) is 33.5 Å². The number of carbonyl (C=O) groups is 1. The summed E-state index contributed by atoms with van der Waals surface area (Å²) >= 11 is 2.68. The molecule has 1 aromatic carbocycles. The molecule has 27 heavy (non-hydrogen) atoms. The molecule has 0 bridgehead atoms. The van der Waals surface area contributed by atoms with Crippen molar-refractivity contribution in [2.24, 2.45) is 0 Å². The lowest BCUT2D eigenvalue weighted by Crippen LogP contribution is -2.22. The highest BCUT2D eigenvalue weighted by molar-refractivity contribution is 8.01. The number of hydrogen-bond donors (Lipinski definition) is 1. The molecule has 0 aliphatic carbocycles. The zero-order valence-corrected chi connectivity index (χ0v) is 17.5. The Morgan fingerprint density at radius 1 is 1.26 bits per heavy atom. The third-order valence-corrected chi connectivity index (χ3v) is 6.84. The van der Waals surface area contributed by atoms with Crippen LogP contribution < -0.4 is 10.1 Å². The first-order valence-electron chi connectivity index (χ1n) is 7.88. The Balaban J connectivity index is 1.77. The highest BCUT2D eigenvalue weighted by atomic mass is 32.2. The van der Waals surface area contributed by atoms with Gasteiger partial charge in [0.05, 0.1) is 18.1 Å². The Morgan fingerprint density at radius 2 is 1.96 bits per heavy atom. The summed E-state index contributed by atoms with van der Waals surface area (Å²) in [6.07, 6.45) is -0.562. The van der Waals surface area contributed by atoms with Gasteiger partial charge in [0.25, 0.3) is 0 Å². The number of nitrogens with zero attached hydrogens (tertiary/aromatic N) is 3. The van der Waals surface area contributed by atoms with Crippen molar-refractivity contribution in [3.8, 4) is 5.75 Å². The van der Waals surface area contributed by atoms with Crippen molar-refractivity contribution < 1.29 is 22.7 Å². The van der Waals surface area contributed by atoms with Crippen LogP contribution in [0.25, 0.3) is 0 Å². The maximum atomic E-state index is 12.0. The van der Waals surface area contributed by atoms with Gasteiger partial charge in [-0.1, -0.05) is 23.1 Å². The van der Waals surface area contributed by atoms with Crippen LogP contribution in [0.5, 0.6) is 5.75 Å². The molecule has 0 aliphatic rings. The molecule has 1 aromatic heterocycles. The van der Waals surface area contributed by atoms with Crippen molar-refractivity contribution in [1.82, 2.24) is 14.5 Å². The SMILES string of the molecule is CCOC(=O)Nc1nnc(SCCOc2ccc(S(=O)(=O)N(C)C)cc2)s1. The van der Waals surface area contributed by atoms with Gasteiger partial charge in [0.1, 0.15) is 5.75 Å². The first-order valence-corrected chi connectivity index (χ1v) is 11.1. The van der Waals surface area contributed by atoms with E-state index in [1.807, 2.05) is 0 Å². The summed E-state index contributed by atoms with van der Waals surface area (Å²) in [6.45, 7) is 2.41. The number of nitrogens with one attached hydrogen (secondary N) is 1. The molecule has 0 saturated heterocycles. The van der Waals surface area contributed by atoms with Crippen molar-refractivity contribution in [1.29, 1.82) is 0 Å². The second-order valence-corrected chi connectivity index (χ2v) is 9.65. The fourth-order valence-corrected chi connectivity index (χ4v) is 4.31. The quantitative estimate of drug-likeness (QED) is 0.366. The number of benzene rings is 1. The predicted molar refractivity (Wildman–Crippen MR) is 104 cm³/mol. The van der Waals surface area contributed by atoms with Crippen molar-refractivity contribution in [3.05, 3.63) is 24.3 Å². The molecular weight excluding hydrogens is 412 g/mol. The number of anilines is 1. The van der Waals surface area contributed by atoms with Crippen LogP contribution in [0.2, 0.25) is 0 Å². The van der Waals surface area contributed by atoms with Gasteiger partial charge >= 0.3 is 6.09 Å². The summed E-state index contributed by atoms with van der Waals surface area (Å²) in [4.78, 5) is 11.5. The minimum absolute atomic E-state index is 0.213. The molecule has 0 aliphatic heterocycles. The van der Waals surface area contributed by atoms with Gasteiger partial charge in [0.2, 0.25) is 15.2 Å². The number of thioether (sulfide) groups is 1. The van der Waals surface area contributed by atoms with E-state index in [4.69, 9.17) is 9.47 Å². The predicted octanol–water partition coefficient (Wildman–Crippen LogP) is 2.53.